The summed E-state index contributed by atoms with van der Waals surface area (Å²) in [5.74, 6) is -0.848. The van der Waals surface area contributed by atoms with Crippen LogP contribution in [0, 0.1) is 0 Å². The first-order chi connectivity index (χ1) is 13.0. The number of imide groups is 1. The maximum Gasteiger partial charge on any atom is 0.305 e. The fourth-order valence-corrected chi connectivity index (χ4v) is 3.13. The van der Waals surface area contributed by atoms with Crippen LogP contribution in [0.15, 0.2) is 48.5 Å². The molecule has 0 aromatic heterocycles. The van der Waals surface area contributed by atoms with E-state index in [1.54, 1.807) is 31.4 Å². The van der Waals surface area contributed by atoms with Gasteiger partial charge in [0.15, 0.2) is 0 Å². The second kappa shape index (κ2) is 8.14. The summed E-state index contributed by atoms with van der Waals surface area (Å²) < 4.78 is 10.2. The number of hydrogen-bond acceptors (Lipinski definition) is 5. The summed E-state index contributed by atoms with van der Waals surface area (Å²) in [5, 5.41) is 0. The van der Waals surface area contributed by atoms with Gasteiger partial charge in [-0.05, 0) is 29.7 Å². The molecular weight excluding hydrogens is 346 g/mol. The summed E-state index contributed by atoms with van der Waals surface area (Å²) in [6.07, 6.45) is 0.476. The third-order valence-electron chi connectivity index (χ3n) is 4.71. The molecule has 0 fully saturated rings. The summed E-state index contributed by atoms with van der Waals surface area (Å²) in [6, 6.07) is 14.4. The van der Waals surface area contributed by atoms with Gasteiger partial charge in [0.1, 0.15) is 6.10 Å². The van der Waals surface area contributed by atoms with Gasteiger partial charge in [-0.3, -0.25) is 19.3 Å². The van der Waals surface area contributed by atoms with E-state index in [-0.39, 0.29) is 24.3 Å². The fraction of sp³-hybridized carbons (Fsp3) is 0.286. The number of esters is 1. The lowest BCUT2D eigenvalue weighted by Crippen LogP contribution is -2.34. The van der Waals surface area contributed by atoms with E-state index in [0.717, 1.165) is 11.1 Å². The summed E-state index contributed by atoms with van der Waals surface area (Å²) >= 11 is 0. The van der Waals surface area contributed by atoms with Gasteiger partial charge >= 0.3 is 5.97 Å². The van der Waals surface area contributed by atoms with E-state index < -0.39 is 6.10 Å². The van der Waals surface area contributed by atoms with Crippen molar-refractivity contribution < 1.29 is 23.9 Å². The van der Waals surface area contributed by atoms with Crippen molar-refractivity contribution in [2.75, 3.05) is 20.8 Å². The molecule has 0 bridgehead atoms. The first-order valence-corrected chi connectivity index (χ1v) is 8.68. The highest BCUT2D eigenvalue weighted by Crippen LogP contribution is 2.26. The standard InChI is InChI=1S/C21H21NO5/c1-26-18(15-10-7-14(8-11-15)9-12-19(23)27-2)13-22-20(24)16-5-3-4-6-17(16)21(22)25/h3-8,10-11,18H,9,12-13H2,1-2H3. The minimum Gasteiger partial charge on any atom is -0.469 e. The lowest BCUT2D eigenvalue weighted by Gasteiger charge is -2.22. The third-order valence-corrected chi connectivity index (χ3v) is 4.71. The zero-order chi connectivity index (χ0) is 19.4. The highest BCUT2D eigenvalue weighted by Gasteiger charge is 2.36. The predicted octanol–water partition coefficient (Wildman–Crippen LogP) is 2.78. The van der Waals surface area contributed by atoms with Crippen LogP contribution in [0.25, 0.3) is 0 Å². The van der Waals surface area contributed by atoms with E-state index in [1.165, 1.54) is 12.0 Å². The minimum absolute atomic E-state index is 0.143. The summed E-state index contributed by atoms with van der Waals surface area (Å²) in [5.41, 5.74) is 2.71. The van der Waals surface area contributed by atoms with Crippen molar-refractivity contribution in [1.29, 1.82) is 0 Å². The molecule has 6 heteroatoms. The van der Waals surface area contributed by atoms with Gasteiger partial charge in [0.2, 0.25) is 0 Å². The highest BCUT2D eigenvalue weighted by molar-refractivity contribution is 6.21. The van der Waals surface area contributed by atoms with E-state index in [2.05, 4.69) is 4.74 Å². The number of methoxy groups -OCH3 is 2. The Morgan fingerprint density at radius 3 is 2.07 bits per heavy atom. The Hall–Kier alpha value is -2.99. The number of ether oxygens (including phenoxy) is 2. The van der Waals surface area contributed by atoms with E-state index in [0.29, 0.717) is 24.0 Å². The van der Waals surface area contributed by atoms with Crippen molar-refractivity contribution in [2.45, 2.75) is 18.9 Å². The van der Waals surface area contributed by atoms with Crippen LogP contribution in [0.2, 0.25) is 0 Å². The molecule has 1 atom stereocenters. The van der Waals surface area contributed by atoms with Crippen molar-refractivity contribution in [2.24, 2.45) is 0 Å². The molecule has 0 aliphatic carbocycles. The van der Waals surface area contributed by atoms with Gasteiger partial charge in [-0.2, -0.15) is 0 Å². The van der Waals surface area contributed by atoms with Crippen LogP contribution >= 0.6 is 0 Å². The molecule has 1 aliphatic rings. The SMILES string of the molecule is COC(=O)CCc1ccc(C(CN2C(=O)c3ccccc3C2=O)OC)cc1. The Morgan fingerprint density at radius 1 is 0.963 bits per heavy atom. The van der Waals surface area contributed by atoms with Gasteiger partial charge in [0, 0.05) is 13.5 Å². The maximum absolute atomic E-state index is 12.5. The van der Waals surface area contributed by atoms with Crippen molar-refractivity contribution in [1.82, 2.24) is 4.90 Å². The molecule has 140 valence electrons. The first kappa shape index (κ1) is 18.8. The topological polar surface area (TPSA) is 72.9 Å². The first-order valence-electron chi connectivity index (χ1n) is 8.68. The molecule has 27 heavy (non-hydrogen) atoms. The van der Waals surface area contributed by atoms with Crippen LogP contribution in [-0.2, 0) is 20.7 Å². The van der Waals surface area contributed by atoms with E-state index in [1.807, 2.05) is 24.3 Å². The largest absolute Gasteiger partial charge is 0.469 e. The Kier molecular flexibility index (Phi) is 5.66. The summed E-state index contributed by atoms with van der Waals surface area (Å²) in [4.78, 5) is 37.5. The molecule has 1 heterocycles. The Bertz CT molecular complexity index is 824. The molecule has 3 rings (SSSR count). The van der Waals surface area contributed by atoms with Crippen molar-refractivity contribution in [3.63, 3.8) is 0 Å². The molecule has 6 nitrogen and oxygen atoms in total. The van der Waals surface area contributed by atoms with Gasteiger partial charge in [-0.1, -0.05) is 36.4 Å². The number of amides is 2. The number of benzene rings is 2. The summed E-state index contributed by atoms with van der Waals surface area (Å²) in [7, 11) is 2.92. The maximum atomic E-state index is 12.5. The molecule has 0 radical (unpaired) electrons. The molecule has 2 amide bonds. The normalized spacial score (nSPS) is 14.2. The quantitative estimate of drug-likeness (QED) is 0.556. The number of hydrogen-bond donors (Lipinski definition) is 0. The van der Waals surface area contributed by atoms with Crippen LogP contribution in [0.5, 0.6) is 0 Å². The monoisotopic (exact) mass is 367 g/mol. The number of carbonyl (C=O) groups excluding carboxylic acids is 3. The summed E-state index contributed by atoms with van der Waals surface area (Å²) in [6.45, 7) is 0.143. The molecule has 0 saturated heterocycles. The number of carbonyl (C=O) groups is 3. The predicted molar refractivity (Wildman–Crippen MR) is 98.3 cm³/mol. The zero-order valence-corrected chi connectivity index (χ0v) is 15.3. The molecule has 0 spiro atoms. The number of aryl methyl sites for hydroxylation is 1. The van der Waals surface area contributed by atoms with E-state index in [9.17, 15) is 14.4 Å². The average molecular weight is 367 g/mol. The van der Waals surface area contributed by atoms with Crippen LogP contribution in [0.4, 0.5) is 0 Å². The molecule has 1 unspecified atom stereocenters. The number of nitrogens with zero attached hydrogens (tertiary/aromatic N) is 1. The number of fused-ring (bicyclic) bond motifs is 1. The van der Waals surface area contributed by atoms with Gasteiger partial charge in [0.25, 0.3) is 11.8 Å². The van der Waals surface area contributed by atoms with Gasteiger partial charge < -0.3 is 9.47 Å². The van der Waals surface area contributed by atoms with Crippen molar-refractivity contribution in [3.8, 4) is 0 Å². The Labute approximate surface area is 157 Å². The number of rotatable bonds is 7. The molecule has 0 N–H and O–H groups in total. The van der Waals surface area contributed by atoms with Crippen molar-refractivity contribution in [3.05, 3.63) is 70.8 Å². The minimum atomic E-state index is -0.429. The molecular formula is C21H21NO5. The second-order valence-corrected chi connectivity index (χ2v) is 6.31. The van der Waals surface area contributed by atoms with E-state index in [4.69, 9.17) is 4.74 Å². The van der Waals surface area contributed by atoms with Gasteiger partial charge in [-0.25, -0.2) is 0 Å². The van der Waals surface area contributed by atoms with E-state index >= 15 is 0 Å². The third kappa shape index (κ3) is 3.90. The lowest BCUT2D eigenvalue weighted by molar-refractivity contribution is -0.140. The van der Waals surface area contributed by atoms with Crippen LogP contribution in [0.1, 0.15) is 44.4 Å². The fourth-order valence-electron chi connectivity index (χ4n) is 3.13. The van der Waals surface area contributed by atoms with Crippen LogP contribution in [-0.4, -0.2) is 43.4 Å². The molecule has 1 aliphatic heterocycles. The second-order valence-electron chi connectivity index (χ2n) is 6.31. The molecule has 2 aromatic rings. The average Bonchev–Trinajstić information content (AvgIpc) is 2.95. The van der Waals surface area contributed by atoms with Crippen LogP contribution in [0.3, 0.4) is 0 Å². The lowest BCUT2D eigenvalue weighted by atomic mass is 10.0. The van der Waals surface area contributed by atoms with Gasteiger partial charge in [0.05, 0.1) is 24.8 Å². The zero-order valence-electron chi connectivity index (χ0n) is 15.3. The van der Waals surface area contributed by atoms with Crippen LogP contribution < -0.4 is 0 Å². The van der Waals surface area contributed by atoms with Gasteiger partial charge in [-0.15, -0.1) is 0 Å². The Balaban J connectivity index is 1.70. The molecule has 0 saturated carbocycles. The highest BCUT2D eigenvalue weighted by atomic mass is 16.5. The molecule has 2 aromatic carbocycles. The Morgan fingerprint density at radius 2 is 1.56 bits per heavy atom. The smallest absolute Gasteiger partial charge is 0.305 e. The van der Waals surface area contributed by atoms with Crippen molar-refractivity contribution >= 4 is 17.8 Å².